The van der Waals surface area contributed by atoms with Crippen LogP contribution in [0.15, 0.2) is 0 Å². The summed E-state index contributed by atoms with van der Waals surface area (Å²) in [7, 11) is 0. The lowest BCUT2D eigenvalue weighted by molar-refractivity contribution is -0.0563. The van der Waals surface area contributed by atoms with Gasteiger partial charge in [-0.3, -0.25) is 0 Å². The van der Waals surface area contributed by atoms with Gasteiger partial charge in [0.05, 0.1) is 12.2 Å². The minimum absolute atomic E-state index is 0.229. The Morgan fingerprint density at radius 2 is 1.83 bits per heavy atom. The summed E-state index contributed by atoms with van der Waals surface area (Å²) in [6.07, 6.45) is 10.2. The molecule has 1 aliphatic heterocycles. The number of ether oxygens (including phenoxy) is 1. The molecular formula is C20H37NO2. The van der Waals surface area contributed by atoms with Crippen molar-refractivity contribution in [1.82, 2.24) is 4.90 Å². The average Bonchev–Trinajstić information content (AvgIpc) is 2.75. The summed E-state index contributed by atoms with van der Waals surface area (Å²) >= 11 is 0. The molecule has 23 heavy (non-hydrogen) atoms. The fraction of sp³-hybridized carbons (Fsp3) is 1.00. The van der Waals surface area contributed by atoms with Crippen LogP contribution < -0.4 is 0 Å². The molecule has 3 rings (SSSR count). The SMILES string of the molecule is CC1(C)[C@H]2CC[C@@]1(C)[C@@H](OCC[C@@H](O)CN1CCCCCC1)C2. The third-order valence-electron chi connectivity index (χ3n) is 7.65. The number of aliphatic hydroxyl groups is 1. The maximum absolute atomic E-state index is 10.3. The molecule has 3 aliphatic rings. The molecule has 2 bridgehead atoms. The van der Waals surface area contributed by atoms with Gasteiger partial charge in [-0.15, -0.1) is 0 Å². The number of nitrogens with zero attached hydrogens (tertiary/aromatic N) is 1. The molecule has 3 heteroatoms. The van der Waals surface area contributed by atoms with Crippen LogP contribution in [0.4, 0.5) is 0 Å². The minimum Gasteiger partial charge on any atom is -0.392 e. The van der Waals surface area contributed by atoms with Crippen molar-refractivity contribution in [2.24, 2.45) is 16.7 Å². The second kappa shape index (κ2) is 7.01. The topological polar surface area (TPSA) is 32.7 Å². The summed E-state index contributed by atoms with van der Waals surface area (Å²) < 4.78 is 6.28. The van der Waals surface area contributed by atoms with Crippen LogP contribution in [0.2, 0.25) is 0 Å². The van der Waals surface area contributed by atoms with Gasteiger partial charge in [0.2, 0.25) is 0 Å². The van der Waals surface area contributed by atoms with E-state index in [1.54, 1.807) is 0 Å². The van der Waals surface area contributed by atoms with Gasteiger partial charge in [0.25, 0.3) is 0 Å². The first-order valence-corrected chi connectivity index (χ1v) is 9.95. The van der Waals surface area contributed by atoms with Gasteiger partial charge in [0, 0.05) is 13.2 Å². The molecule has 3 nitrogen and oxygen atoms in total. The zero-order valence-electron chi connectivity index (χ0n) is 15.5. The van der Waals surface area contributed by atoms with Crippen molar-refractivity contribution >= 4 is 0 Å². The molecule has 0 amide bonds. The van der Waals surface area contributed by atoms with E-state index in [9.17, 15) is 5.11 Å². The average molecular weight is 324 g/mol. The smallest absolute Gasteiger partial charge is 0.0689 e. The van der Waals surface area contributed by atoms with E-state index >= 15 is 0 Å². The molecule has 1 saturated heterocycles. The van der Waals surface area contributed by atoms with Gasteiger partial charge >= 0.3 is 0 Å². The largest absolute Gasteiger partial charge is 0.392 e. The number of aliphatic hydroxyl groups excluding tert-OH is 1. The molecule has 2 aliphatic carbocycles. The van der Waals surface area contributed by atoms with Crippen LogP contribution in [-0.2, 0) is 4.74 Å². The van der Waals surface area contributed by atoms with Crippen LogP contribution in [0.5, 0.6) is 0 Å². The molecule has 0 spiro atoms. The molecule has 0 aromatic carbocycles. The Morgan fingerprint density at radius 3 is 2.39 bits per heavy atom. The molecule has 1 heterocycles. The number of hydrogen-bond acceptors (Lipinski definition) is 3. The minimum atomic E-state index is -0.229. The van der Waals surface area contributed by atoms with Crippen molar-refractivity contribution in [3.05, 3.63) is 0 Å². The van der Waals surface area contributed by atoms with Crippen LogP contribution in [-0.4, -0.2) is 48.5 Å². The van der Waals surface area contributed by atoms with Crippen molar-refractivity contribution in [2.45, 2.75) is 84.3 Å². The maximum Gasteiger partial charge on any atom is 0.0689 e. The fourth-order valence-electron chi connectivity index (χ4n) is 5.44. The quantitative estimate of drug-likeness (QED) is 0.806. The molecule has 0 radical (unpaired) electrons. The Morgan fingerprint density at radius 1 is 1.13 bits per heavy atom. The number of β-amino-alcohol motifs (C(OH)–C–C–N with tert-alkyl or cyclic N) is 1. The first-order chi connectivity index (χ1) is 10.9. The summed E-state index contributed by atoms with van der Waals surface area (Å²) in [5.74, 6) is 0.833. The predicted octanol–water partition coefficient (Wildman–Crippen LogP) is 3.84. The summed E-state index contributed by atoms with van der Waals surface area (Å²) in [5.41, 5.74) is 0.760. The number of rotatable bonds is 6. The van der Waals surface area contributed by atoms with Gasteiger partial charge in [-0.2, -0.15) is 0 Å². The van der Waals surface area contributed by atoms with E-state index in [1.165, 1.54) is 44.9 Å². The number of likely N-dealkylation sites (tertiary alicyclic amines) is 1. The fourth-order valence-corrected chi connectivity index (χ4v) is 5.44. The first-order valence-electron chi connectivity index (χ1n) is 9.95. The van der Waals surface area contributed by atoms with Gasteiger partial charge in [-0.25, -0.2) is 0 Å². The summed E-state index contributed by atoms with van der Waals surface area (Å²) in [4.78, 5) is 2.44. The molecule has 4 atom stereocenters. The van der Waals surface area contributed by atoms with E-state index in [0.29, 0.717) is 16.9 Å². The highest BCUT2D eigenvalue weighted by molar-refractivity contribution is 5.11. The molecule has 2 saturated carbocycles. The van der Waals surface area contributed by atoms with Crippen molar-refractivity contribution in [3.63, 3.8) is 0 Å². The van der Waals surface area contributed by atoms with E-state index in [2.05, 4.69) is 25.7 Å². The molecule has 0 unspecified atom stereocenters. The van der Waals surface area contributed by atoms with E-state index in [4.69, 9.17) is 4.74 Å². The Balaban J connectivity index is 1.40. The van der Waals surface area contributed by atoms with Crippen LogP contribution in [0.25, 0.3) is 0 Å². The molecule has 0 aromatic heterocycles. The Bertz CT molecular complexity index is 389. The highest BCUT2D eigenvalue weighted by atomic mass is 16.5. The Kier molecular flexibility index (Phi) is 5.40. The van der Waals surface area contributed by atoms with Crippen LogP contribution in [0, 0.1) is 16.7 Å². The summed E-state index contributed by atoms with van der Waals surface area (Å²) in [6.45, 7) is 11.2. The Labute approximate surface area is 142 Å². The molecule has 0 aromatic rings. The van der Waals surface area contributed by atoms with Gasteiger partial charge < -0.3 is 14.7 Å². The van der Waals surface area contributed by atoms with Gasteiger partial charge in [-0.1, -0.05) is 33.6 Å². The molecule has 1 N–H and O–H groups in total. The molecule has 134 valence electrons. The molecular weight excluding hydrogens is 286 g/mol. The lowest BCUT2D eigenvalue weighted by Crippen LogP contribution is -2.38. The van der Waals surface area contributed by atoms with Crippen LogP contribution in [0.3, 0.4) is 0 Å². The van der Waals surface area contributed by atoms with Crippen LogP contribution >= 0.6 is 0 Å². The van der Waals surface area contributed by atoms with Gasteiger partial charge in [-0.05, 0) is 68.4 Å². The first kappa shape index (κ1) is 17.7. The van der Waals surface area contributed by atoms with Crippen molar-refractivity contribution < 1.29 is 9.84 Å². The summed E-state index contributed by atoms with van der Waals surface area (Å²) in [5, 5.41) is 10.3. The number of fused-ring (bicyclic) bond motifs is 2. The second-order valence-corrected chi connectivity index (χ2v) is 9.13. The lowest BCUT2D eigenvalue weighted by Gasteiger charge is -2.39. The van der Waals surface area contributed by atoms with E-state index in [-0.39, 0.29) is 6.10 Å². The van der Waals surface area contributed by atoms with Crippen molar-refractivity contribution in [2.75, 3.05) is 26.2 Å². The monoisotopic (exact) mass is 323 g/mol. The second-order valence-electron chi connectivity index (χ2n) is 9.13. The third-order valence-corrected chi connectivity index (χ3v) is 7.65. The van der Waals surface area contributed by atoms with Gasteiger partial charge in [0.1, 0.15) is 0 Å². The molecule has 3 fully saturated rings. The maximum atomic E-state index is 10.3. The summed E-state index contributed by atoms with van der Waals surface area (Å²) in [6, 6.07) is 0. The lowest BCUT2D eigenvalue weighted by atomic mass is 9.70. The van der Waals surface area contributed by atoms with E-state index in [0.717, 1.165) is 38.6 Å². The van der Waals surface area contributed by atoms with E-state index in [1.807, 2.05) is 0 Å². The highest BCUT2D eigenvalue weighted by Gasteiger charge is 2.61. The van der Waals surface area contributed by atoms with Gasteiger partial charge in [0.15, 0.2) is 0 Å². The van der Waals surface area contributed by atoms with Crippen molar-refractivity contribution in [1.29, 1.82) is 0 Å². The number of hydrogen-bond donors (Lipinski definition) is 1. The Hall–Kier alpha value is -0.120. The zero-order chi connectivity index (χ0) is 16.5. The van der Waals surface area contributed by atoms with Crippen LogP contribution in [0.1, 0.15) is 72.1 Å². The van der Waals surface area contributed by atoms with E-state index < -0.39 is 0 Å². The standard InChI is InChI=1S/C20H37NO2/c1-19(2)16-8-10-20(19,3)18(14-16)23-13-9-17(22)15-21-11-6-4-5-7-12-21/h16-18,22H,4-15H2,1-3H3/t16-,17+,18-,20-/m0/s1. The normalized spacial score (nSPS) is 38.6. The zero-order valence-corrected chi connectivity index (χ0v) is 15.5. The highest BCUT2D eigenvalue weighted by Crippen LogP contribution is 2.66. The van der Waals surface area contributed by atoms with Crippen molar-refractivity contribution in [3.8, 4) is 0 Å². The third kappa shape index (κ3) is 3.48. The predicted molar refractivity (Wildman–Crippen MR) is 94.5 cm³/mol.